The van der Waals surface area contributed by atoms with Crippen LogP contribution >= 0.6 is 11.3 Å². The third-order valence-corrected chi connectivity index (χ3v) is 5.22. The maximum atomic E-state index is 12.5. The van der Waals surface area contributed by atoms with Gasteiger partial charge in [-0.1, -0.05) is 6.07 Å². The van der Waals surface area contributed by atoms with Crippen LogP contribution in [0, 0.1) is 10.1 Å². The van der Waals surface area contributed by atoms with Gasteiger partial charge in [0.15, 0.2) is 5.13 Å². The molecule has 0 radical (unpaired) electrons. The molecule has 2 aromatic rings. The molecule has 0 N–H and O–H groups in total. The highest BCUT2D eigenvalue weighted by Gasteiger charge is 2.41. The number of hydrogen-bond acceptors (Lipinski definition) is 9. The smallest absolute Gasteiger partial charge is 0.326 e. The Morgan fingerprint density at radius 3 is 2.67 bits per heavy atom. The zero-order valence-electron chi connectivity index (χ0n) is 16.0. The Hall–Kier alpha value is -3.67. The van der Waals surface area contributed by atoms with Crippen LogP contribution in [0.1, 0.15) is 40.3 Å². The SMILES string of the molecule is CCN(C(C)=O)c1nc(COC(=O)CN2C(=O)c3cccc([N+](=O)[O-])c3C2=O)cs1. The van der Waals surface area contributed by atoms with Gasteiger partial charge in [-0.3, -0.25) is 39.1 Å². The normalized spacial score (nSPS) is 12.7. The van der Waals surface area contributed by atoms with Crippen molar-refractivity contribution in [3.8, 4) is 0 Å². The first-order valence-corrected chi connectivity index (χ1v) is 9.64. The number of thiazole rings is 1. The first kappa shape index (κ1) is 21.0. The summed E-state index contributed by atoms with van der Waals surface area (Å²) in [5.41, 5.74) is -0.563. The minimum absolute atomic E-state index is 0.130. The van der Waals surface area contributed by atoms with Gasteiger partial charge in [-0.05, 0) is 13.0 Å². The van der Waals surface area contributed by atoms with E-state index in [4.69, 9.17) is 4.74 Å². The lowest BCUT2D eigenvalue weighted by Gasteiger charge is -2.14. The number of benzene rings is 1. The average Bonchev–Trinajstić information content (AvgIpc) is 3.25. The number of carbonyl (C=O) groups excluding carboxylic acids is 4. The van der Waals surface area contributed by atoms with E-state index >= 15 is 0 Å². The zero-order chi connectivity index (χ0) is 22.0. The van der Waals surface area contributed by atoms with Crippen molar-refractivity contribution in [1.29, 1.82) is 0 Å². The number of nitrogens with zero attached hydrogens (tertiary/aromatic N) is 4. The first-order valence-electron chi connectivity index (χ1n) is 8.76. The maximum absolute atomic E-state index is 12.5. The summed E-state index contributed by atoms with van der Waals surface area (Å²) in [4.78, 5) is 65.2. The Kier molecular flexibility index (Phi) is 5.87. The maximum Gasteiger partial charge on any atom is 0.326 e. The number of fused-ring (bicyclic) bond motifs is 1. The van der Waals surface area contributed by atoms with Crippen molar-refractivity contribution >= 4 is 45.8 Å². The second kappa shape index (κ2) is 8.37. The lowest BCUT2D eigenvalue weighted by atomic mass is 10.1. The second-order valence-electron chi connectivity index (χ2n) is 6.20. The molecular formula is C18H16N4O7S. The average molecular weight is 432 g/mol. The van der Waals surface area contributed by atoms with Gasteiger partial charge in [0.25, 0.3) is 17.5 Å². The van der Waals surface area contributed by atoms with Crippen molar-refractivity contribution in [2.45, 2.75) is 20.5 Å². The number of nitro benzene ring substituents is 1. The van der Waals surface area contributed by atoms with Crippen molar-refractivity contribution in [3.05, 3.63) is 50.5 Å². The molecule has 0 saturated carbocycles. The summed E-state index contributed by atoms with van der Waals surface area (Å²) in [6.45, 7) is 2.75. The predicted octanol–water partition coefficient (Wildman–Crippen LogP) is 1.76. The zero-order valence-corrected chi connectivity index (χ0v) is 16.8. The molecule has 0 atom stereocenters. The van der Waals surface area contributed by atoms with Crippen molar-refractivity contribution < 1.29 is 28.8 Å². The molecule has 0 aliphatic carbocycles. The number of anilines is 1. The van der Waals surface area contributed by atoms with Gasteiger partial charge in [-0.25, -0.2) is 4.98 Å². The summed E-state index contributed by atoms with van der Waals surface area (Å²) in [6, 6.07) is 3.70. The van der Waals surface area contributed by atoms with Gasteiger partial charge >= 0.3 is 5.97 Å². The minimum atomic E-state index is -0.921. The number of hydrogen-bond donors (Lipinski definition) is 0. The van der Waals surface area contributed by atoms with Gasteiger partial charge in [-0.15, -0.1) is 11.3 Å². The van der Waals surface area contributed by atoms with Crippen LogP contribution in [-0.2, 0) is 20.9 Å². The molecule has 1 aliphatic heterocycles. The highest BCUT2D eigenvalue weighted by Crippen LogP contribution is 2.30. The lowest BCUT2D eigenvalue weighted by Crippen LogP contribution is -2.35. The minimum Gasteiger partial charge on any atom is -0.458 e. The number of nitro groups is 1. The Labute approximate surface area is 174 Å². The largest absolute Gasteiger partial charge is 0.458 e. The lowest BCUT2D eigenvalue weighted by molar-refractivity contribution is -0.385. The molecule has 0 unspecified atom stereocenters. The van der Waals surface area contributed by atoms with Crippen LogP contribution < -0.4 is 4.90 Å². The molecule has 156 valence electrons. The number of carbonyl (C=O) groups is 4. The molecule has 0 fully saturated rings. The van der Waals surface area contributed by atoms with Gasteiger partial charge in [0, 0.05) is 24.9 Å². The summed E-state index contributed by atoms with van der Waals surface area (Å²) in [7, 11) is 0. The fraction of sp³-hybridized carbons (Fsp3) is 0.278. The molecule has 0 bridgehead atoms. The van der Waals surface area contributed by atoms with E-state index in [9.17, 15) is 29.3 Å². The second-order valence-corrected chi connectivity index (χ2v) is 7.04. The monoisotopic (exact) mass is 432 g/mol. The molecule has 11 nitrogen and oxygen atoms in total. The summed E-state index contributed by atoms with van der Waals surface area (Å²) in [5.74, 6) is -2.77. The third kappa shape index (κ3) is 3.89. The number of ether oxygens (including phenoxy) is 1. The van der Waals surface area contributed by atoms with Gasteiger partial charge in [-0.2, -0.15) is 0 Å². The molecule has 12 heteroatoms. The Balaban J connectivity index is 1.65. The molecule has 30 heavy (non-hydrogen) atoms. The molecule has 3 rings (SSSR count). The molecule has 0 saturated heterocycles. The molecule has 1 aromatic heterocycles. The van der Waals surface area contributed by atoms with Crippen molar-refractivity contribution in [2.75, 3.05) is 18.0 Å². The number of imide groups is 1. The van der Waals surface area contributed by atoms with E-state index in [1.54, 1.807) is 12.3 Å². The van der Waals surface area contributed by atoms with Crippen molar-refractivity contribution in [2.24, 2.45) is 0 Å². The molecule has 1 aliphatic rings. The van der Waals surface area contributed by atoms with Crippen LogP contribution in [-0.4, -0.2) is 51.6 Å². The number of aromatic nitrogens is 1. The summed E-state index contributed by atoms with van der Waals surface area (Å²) < 4.78 is 5.07. The molecular weight excluding hydrogens is 416 g/mol. The van der Waals surface area contributed by atoms with E-state index in [0.717, 1.165) is 6.07 Å². The quantitative estimate of drug-likeness (QED) is 0.279. The molecule has 1 aromatic carbocycles. The fourth-order valence-electron chi connectivity index (χ4n) is 2.92. The van der Waals surface area contributed by atoms with Gasteiger partial charge < -0.3 is 4.74 Å². The fourth-order valence-corrected chi connectivity index (χ4v) is 3.84. The Morgan fingerprint density at radius 1 is 1.30 bits per heavy atom. The van der Waals surface area contributed by atoms with Crippen molar-refractivity contribution in [1.82, 2.24) is 9.88 Å². The van der Waals surface area contributed by atoms with Gasteiger partial charge in [0.05, 0.1) is 16.2 Å². The van der Waals surface area contributed by atoms with Crippen LogP contribution in [0.15, 0.2) is 23.6 Å². The van der Waals surface area contributed by atoms with Crippen LogP contribution in [0.25, 0.3) is 0 Å². The van der Waals surface area contributed by atoms with Gasteiger partial charge in [0.2, 0.25) is 5.91 Å². The van der Waals surface area contributed by atoms with E-state index in [0.29, 0.717) is 22.3 Å². The van der Waals surface area contributed by atoms with E-state index in [-0.39, 0.29) is 23.6 Å². The summed E-state index contributed by atoms with van der Waals surface area (Å²) in [6.07, 6.45) is 0. The van der Waals surface area contributed by atoms with Crippen molar-refractivity contribution in [3.63, 3.8) is 0 Å². The first-order chi connectivity index (χ1) is 14.2. The standard InChI is InChI=1S/C18H16N4O7S/c1-3-20(10(2)23)18-19-11(9-30-18)8-29-14(24)7-21-16(25)12-5-4-6-13(22(27)28)15(12)17(21)26/h4-6,9H,3,7-8H2,1-2H3. The predicted molar refractivity (Wildman–Crippen MR) is 104 cm³/mol. The highest BCUT2D eigenvalue weighted by molar-refractivity contribution is 7.14. The molecule has 3 amide bonds. The van der Waals surface area contributed by atoms with Gasteiger partial charge in [0.1, 0.15) is 18.7 Å². The van der Waals surface area contributed by atoms with Crippen LogP contribution in [0.5, 0.6) is 0 Å². The van der Waals surface area contributed by atoms with E-state index in [1.807, 2.05) is 0 Å². The van der Waals surface area contributed by atoms with E-state index < -0.39 is 34.9 Å². The Morgan fingerprint density at radius 2 is 2.03 bits per heavy atom. The van der Waals surface area contributed by atoms with Crippen LogP contribution in [0.4, 0.5) is 10.8 Å². The molecule has 0 spiro atoms. The third-order valence-electron chi connectivity index (χ3n) is 4.31. The summed E-state index contributed by atoms with van der Waals surface area (Å²) >= 11 is 1.21. The number of rotatable bonds is 7. The van der Waals surface area contributed by atoms with Crippen LogP contribution in [0.2, 0.25) is 0 Å². The van der Waals surface area contributed by atoms with E-state index in [1.165, 1.54) is 35.3 Å². The Bertz CT molecular complexity index is 1060. The molecule has 2 heterocycles. The van der Waals surface area contributed by atoms with E-state index in [2.05, 4.69) is 4.98 Å². The summed E-state index contributed by atoms with van der Waals surface area (Å²) in [5, 5.41) is 13.2. The topological polar surface area (TPSA) is 140 Å². The highest BCUT2D eigenvalue weighted by atomic mass is 32.1. The number of amides is 3. The number of esters is 1. The van der Waals surface area contributed by atoms with Crippen LogP contribution in [0.3, 0.4) is 0 Å².